The van der Waals surface area contributed by atoms with E-state index >= 15 is 0 Å². The summed E-state index contributed by atoms with van der Waals surface area (Å²) >= 11 is 2.00. The van der Waals surface area contributed by atoms with Crippen LogP contribution in [0.4, 0.5) is 0 Å². The van der Waals surface area contributed by atoms with Crippen LogP contribution in [0.15, 0.2) is 0 Å². The molecule has 0 bridgehead atoms. The summed E-state index contributed by atoms with van der Waals surface area (Å²) in [4.78, 5) is 0. The lowest BCUT2D eigenvalue weighted by molar-refractivity contribution is 0.0232. The molecule has 0 amide bonds. The van der Waals surface area contributed by atoms with Gasteiger partial charge in [-0.3, -0.25) is 0 Å². The fourth-order valence-electron chi connectivity index (χ4n) is 1.73. The minimum atomic E-state index is -0.646. The molecule has 1 rings (SSSR count). The summed E-state index contributed by atoms with van der Waals surface area (Å²) in [6, 6.07) is 0.569. The summed E-state index contributed by atoms with van der Waals surface area (Å²) in [5.74, 6) is 1.17. The Morgan fingerprint density at radius 1 is 1.60 bits per heavy atom. The van der Waals surface area contributed by atoms with Gasteiger partial charge in [0, 0.05) is 43.7 Å². The molecule has 1 aliphatic rings. The summed E-state index contributed by atoms with van der Waals surface area (Å²) in [5, 5.41) is 14.2. The summed E-state index contributed by atoms with van der Waals surface area (Å²) in [7, 11) is 1.67. The lowest BCUT2D eigenvalue weighted by Crippen LogP contribution is -2.43. The van der Waals surface area contributed by atoms with Crippen LogP contribution in [0, 0.1) is 0 Å². The van der Waals surface area contributed by atoms with Gasteiger partial charge in [-0.15, -0.1) is 0 Å². The standard InChI is InChI=1S/C11H23NO2S/c1-9-6-10(7-15-9)12-8-11(2,13)4-5-14-3/h9-10,12-13H,4-8H2,1-3H3. The molecule has 0 aromatic carbocycles. The molecule has 15 heavy (non-hydrogen) atoms. The van der Waals surface area contributed by atoms with Crippen molar-refractivity contribution in [2.45, 2.75) is 43.6 Å². The highest BCUT2D eigenvalue weighted by atomic mass is 32.2. The highest BCUT2D eigenvalue weighted by Gasteiger charge is 2.25. The largest absolute Gasteiger partial charge is 0.389 e. The Kier molecular flexibility index (Phi) is 5.39. The molecule has 1 fully saturated rings. The first-order valence-corrected chi connectivity index (χ1v) is 6.65. The predicted octanol–water partition coefficient (Wildman–Crippen LogP) is 1.26. The Morgan fingerprint density at radius 2 is 2.33 bits per heavy atom. The molecule has 4 heteroatoms. The molecule has 3 atom stereocenters. The quantitative estimate of drug-likeness (QED) is 0.725. The Hall–Kier alpha value is 0.230. The van der Waals surface area contributed by atoms with Crippen molar-refractivity contribution in [2.75, 3.05) is 26.0 Å². The molecule has 0 aliphatic carbocycles. The maximum absolute atomic E-state index is 10.0. The van der Waals surface area contributed by atoms with Gasteiger partial charge in [0.15, 0.2) is 0 Å². The number of aliphatic hydroxyl groups is 1. The number of methoxy groups -OCH3 is 1. The number of rotatable bonds is 6. The van der Waals surface area contributed by atoms with Crippen LogP contribution < -0.4 is 5.32 Å². The number of nitrogens with one attached hydrogen (secondary N) is 1. The van der Waals surface area contributed by atoms with Gasteiger partial charge < -0.3 is 15.2 Å². The Labute approximate surface area is 97.0 Å². The van der Waals surface area contributed by atoms with Crippen molar-refractivity contribution in [1.82, 2.24) is 5.32 Å². The van der Waals surface area contributed by atoms with Crippen LogP contribution in [0.1, 0.15) is 26.7 Å². The monoisotopic (exact) mass is 233 g/mol. The zero-order chi connectivity index (χ0) is 11.3. The predicted molar refractivity (Wildman–Crippen MR) is 65.4 cm³/mol. The van der Waals surface area contributed by atoms with E-state index in [4.69, 9.17) is 4.74 Å². The van der Waals surface area contributed by atoms with Gasteiger partial charge in [-0.05, 0) is 13.3 Å². The maximum atomic E-state index is 10.0. The van der Waals surface area contributed by atoms with Crippen LogP contribution in [0.2, 0.25) is 0 Å². The SMILES string of the molecule is COCCC(C)(O)CNC1CSC(C)C1. The van der Waals surface area contributed by atoms with Crippen molar-refractivity contribution in [1.29, 1.82) is 0 Å². The molecule has 0 aromatic rings. The van der Waals surface area contributed by atoms with Gasteiger partial charge in [0.2, 0.25) is 0 Å². The zero-order valence-corrected chi connectivity index (χ0v) is 10.8. The minimum Gasteiger partial charge on any atom is -0.389 e. The Morgan fingerprint density at radius 3 is 2.87 bits per heavy atom. The van der Waals surface area contributed by atoms with Crippen LogP contribution in [-0.4, -0.2) is 48.0 Å². The van der Waals surface area contributed by atoms with Crippen molar-refractivity contribution in [3.05, 3.63) is 0 Å². The van der Waals surface area contributed by atoms with E-state index in [0.717, 1.165) is 5.25 Å². The highest BCUT2D eigenvalue weighted by molar-refractivity contribution is 8.00. The third-order valence-electron chi connectivity index (χ3n) is 2.81. The molecule has 2 N–H and O–H groups in total. The van der Waals surface area contributed by atoms with Crippen LogP contribution in [-0.2, 0) is 4.74 Å². The van der Waals surface area contributed by atoms with E-state index in [-0.39, 0.29) is 0 Å². The van der Waals surface area contributed by atoms with Gasteiger partial charge in [-0.1, -0.05) is 6.92 Å². The minimum absolute atomic E-state index is 0.569. The molecule has 90 valence electrons. The van der Waals surface area contributed by atoms with Crippen molar-refractivity contribution >= 4 is 11.8 Å². The first-order valence-electron chi connectivity index (χ1n) is 5.60. The summed E-state index contributed by atoms with van der Waals surface area (Å²) in [6.07, 6.45) is 1.90. The average Bonchev–Trinajstić information content (AvgIpc) is 2.59. The average molecular weight is 233 g/mol. The van der Waals surface area contributed by atoms with Crippen molar-refractivity contribution in [3.63, 3.8) is 0 Å². The number of hydrogen-bond donors (Lipinski definition) is 2. The van der Waals surface area contributed by atoms with Crippen molar-refractivity contribution in [3.8, 4) is 0 Å². The first-order chi connectivity index (χ1) is 7.03. The van der Waals surface area contributed by atoms with E-state index in [0.29, 0.717) is 25.6 Å². The third kappa shape index (κ3) is 5.20. The van der Waals surface area contributed by atoms with Crippen LogP contribution >= 0.6 is 11.8 Å². The second kappa shape index (κ2) is 6.09. The number of thioether (sulfide) groups is 1. The number of hydrogen-bond acceptors (Lipinski definition) is 4. The highest BCUT2D eigenvalue weighted by Crippen LogP contribution is 2.26. The van der Waals surface area contributed by atoms with Crippen LogP contribution in [0.25, 0.3) is 0 Å². The molecule has 3 unspecified atom stereocenters. The van der Waals surface area contributed by atoms with Gasteiger partial charge in [-0.25, -0.2) is 0 Å². The van der Waals surface area contributed by atoms with E-state index < -0.39 is 5.60 Å². The second-order valence-electron chi connectivity index (χ2n) is 4.70. The van der Waals surface area contributed by atoms with Gasteiger partial charge in [0.25, 0.3) is 0 Å². The second-order valence-corrected chi connectivity index (χ2v) is 6.17. The molecule has 1 saturated heterocycles. The van der Waals surface area contributed by atoms with E-state index in [1.807, 2.05) is 18.7 Å². The summed E-state index contributed by atoms with van der Waals surface area (Å²) in [6.45, 7) is 5.40. The molecule has 0 aromatic heterocycles. The van der Waals surface area contributed by atoms with Crippen LogP contribution in [0.5, 0.6) is 0 Å². The maximum Gasteiger partial charge on any atom is 0.0765 e. The van der Waals surface area contributed by atoms with E-state index in [1.54, 1.807) is 7.11 Å². The van der Waals surface area contributed by atoms with Crippen molar-refractivity contribution < 1.29 is 9.84 Å². The summed E-state index contributed by atoms with van der Waals surface area (Å²) < 4.78 is 4.97. The molecule has 0 radical (unpaired) electrons. The zero-order valence-electron chi connectivity index (χ0n) is 9.95. The fourth-order valence-corrected chi connectivity index (χ4v) is 2.92. The lowest BCUT2D eigenvalue weighted by atomic mass is 10.0. The topological polar surface area (TPSA) is 41.5 Å². The molecule has 3 nitrogen and oxygen atoms in total. The Bertz CT molecular complexity index is 187. The van der Waals surface area contributed by atoms with E-state index in [9.17, 15) is 5.11 Å². The van der Waals surface area contributed by atoms with Crippen molar-refractivity contribution in [2.24, 2.45) is 0 Å². The molecule has 1 aliphatic heterocycles. The lowest BCUT2D eigenvalue weighted by Gasteiger charge is -2.25. The molecular formula is C11H23NO2S. The Balaban J connectivity index is 2.17. The summed E-state index contributed by atoms with van der Waals surface area (Å²) in [5.41, 5.74) is -0.646. The molecular weight excluding hydrogens is 210 g/mol. The van der Waals surface area contributed by atoms with Gasteiger partial charge in [-0.2, -0.15) is 11.8 Å². The van der Waals surface area contributed by atoms with Gasteiger partial charge >= 0.3 is 0 Å². The molecule has 0 saturated carbocycles. The fraction of sp³-hybridized carbons (Fsp3) is 1.00. The van der Waals surface area contributed by atoms with Crippen LogP contribution in [0.3, 0.4) is 0 Å². The van der Waals surface area contributed by atoms with Gasteiger partial charge in [0.05, 0.1) is 5.60 Å². The molecule has 0 spiro atoms. The smallest absolute Gasteiger partial charge is 0.0765 e. The number of ether oxygens (including phenoxy) is 1. The third-order valence-corrected chi connectivity index (χ3v) is 4.17. The van der Waals surface area contributed by atoms with E-state index in [2.05, 4.69) is 12.2 Å². The normalized spacial score (nSPS) is 30.4. The molecule has 1 heterocycles. The van der Waals surface area contributed by atoms with E-state index in [1.165, 1.54) is 12.2 Å². The first kappa shape index (κ1) is 13.3. The van der Waals surface area contributed by atoms with Gasteiger partial charge in [0.1, 0.15) is 0 Å².